The standard InChI is InChI=1S/C16H21NO3/c1-3-6-11(2)15(18)17-9-12-7-4-5-8-13(12)14(10-17)16(19)20/h4-5,7-8,11,14H,3,6,9-10H2,1-2H3,(H,19,20). The van der Waals surface area contributed by atoms with E-state index < -0.39 is 11.9 Å². The molecule has 20 heavy (non-hydrogen) atoms. The number of nitrogens with zero attached hydrogens (tertiary/aromatic N) is 1. The molecule has 2 unspecified atom stereocenters. The normalized spacial score (nSPS) is 19.3. The van der Waals surface area contributed by atoms with Crippen molar-refractivity contribution in [1.82, 2.24) is 4.90 Å². The first-order chi connectivity index (χ1) is 9.54. The number of benzene rings is 1. The molecule has 0 radical (unpaired) electrons. The van der Waals surface area contributed by atoms with Crippen molar-refractivity contribution in [2.24, 2.45) is 5.92 Å². The number of amides is 1. The molecule has 1 heterocycles. The van der Waals surface area contributed by atoms with Gasteiger partial charge in [0.15, 0.2) is 0 Å². The highest BCUT2D eigenvalue weighted by atomic mass is 16.4. The summed E-state index contributed by atoms with van der Waals surface area (Å²) < 4.78 is 0. The number of hydrogen-bond acceptors (Lipinski definition) is 2. The van der Waals surface area contributed by atoms with E-state index in [1.165, 1.54) is 0 Å². The molecule has 0 aromatic heterocycles. The third-order valence-corrected chi connectivity index (χ3v) is 3.95. The second kappa shape index (κ2) is 6.07. The molecule has 0 spiro atoms. The van der Waals surface area contributed by atoms with E-state index in [0.717, 1.165) is 24.0 Å². The van der Waals surface area contributed by atoms with E-state index in [9.17, 15) is 14.7 Å². The number of fused-ring (bicyclic) bond motifs is 1. The fourth-order valence-electron chi connectivity index (χ4n) is 2.85. The maximum absolute atomic E-state index is 12.4. The Morgan fingerprint density at radius 3 is 2.75 bits per heavy atom. The molecule has 2 atom stereocenters. The van der Waals surface area contributed by atoms with Crippen LogP contribution in [0.15, 0.2) is 24.3 Å². The Bertz CT molecular complexity index is 512. The molecule has 1 aromatic carbocycles. The van der Waals surface area contributed by atoms with Gasteiger partial charge in [0.25, 0.3) is 0 Å². The molecule has 0 fully saturated rings. The predicted octanol–water partition coefficient (Wildman–Crippen LogP) is 2.63. The number of carbonyl (C=O) groups is 2. The molecule has 1 amide bonds. The first-order valence-corrected chi connectivity index (χ1v) is 7.14. The minimum absolute atomic E-state index is 0.0419. The number of rotatable bonds is 4. The zero-order chi connectivity index (χ0) is 14.7. The van der Waals surface area contributed by atoms with E-state index >= 15 is 0 Å². The van der Waals surface area contributed by atoms with Gasteiger partial charge < -0.3 is 10.0 Å². The van der Waals surface area contributed by atoms with E-state index in [1.807, 2.05) is 31.2 Å². The summed E-state index contributed by atoms with van der Waals surface area (Å²) in [5, 5.41) is 9.39. The average Bonchev–Trinajstić information content (AvgIpc) is 2.45. The van der Waals surface area contributed by atoms with Crippen molar-refractivity contribution in [3.63, 3.8) is 0 Å². The molecule has 0 bridgehead atoms. The Kier molecular flexibility index (Phi) is 4.42. The molecule has 1 aliphatic rings. The molecular formula is C16H21NO3. The van der Waals surface area contributed by atoms with E-state index in [2.05, 4.69) is 6.92 Å². The highest BCUT2D eigenvalue weighted by molar-refractivity contribution is 5.82. The number of hydrogen-bond donors (Lipinski definition) is 1. The smallest absolute Gasteiger partial charge is 0.312 e. The Morgan fingerprint density at radius 2 is 2.10 bits per heavy atom. The van der Waals surface area contributed by atoms with Crippen molar-refractivity contribution in [2.45, 2.75) is 39.2 Å². The second-order valence-electron chi connectivity index (χ2n) is 5.50. The van der Waals surface area contributed by atoms with Gasteiger partial charge in [-0.15, -0.1) is 0 Å². The molecule has 2 rings (SSSR count). The van der Waals surface area contributed by atoms with Crippen LogP contribution in [-0.4, -0.2) is 28.4 Å². The highest BCUT2D eigenvalue weighted by Crippen LogP contribution is 2.29. The van der Waals surface area contributed by atoms with Crippen LogP contribution in [0, 0.1) is 5.92 Å². The van der Waals surface area contributed by atoms with Gasteiger partial charge in [0.2, 0.25) is 5.91 Å². The van der Waals surface area contributed by atoms with Crippen LogP contribution in [0.5, 0.6) is 0 Å². The van der Waals surface area contributed by atoms with Crippen molar-refractivity contribution in [1.29, 1.82) is 0 Å². The third-order valence-electron chi connectivity index (χ3n) is 3.95. The van der Waals surface area contributed by atoms with Crippen LogP contribution in [-0.2, 0) is 16.1 Å². The average molecular weight is 275 g/mol. The maximum atomic E-state index is 12.4. The van der Waals surface area contributed by atoms with Crippen molar-refractivity contribution in [3.8, 4) is 0 Å². The number of carboxylic acid groups (broad SMARTS) is 1. The molecule has 0 saturated carbocycles. The first kappa shape index (κ1) is 14.6. The largest absolute Gasteiger partial charge is 0.481 e. The first-order valence-electron chi connectivity index (χ1n) is 7.14. The number of carboxylic acids is 1. The van der Waals surface area contributed by atoms with Gasteiger partial charge in [-0.1, -0.05) is 44.5 Å². The molecule has 1 aromatic rings. The van der Waals surface area contributed by atoms with Gasteiger partial charge in [0, 0.05) is 19.0 Å². The number of aliphatic carboxylic acids is 1. The second-order valence-corrected chi connectivity index (χ2v) is 5.50. The minimum atomic E-state index is -0.863. The highest BCUT2D eigenvalue weighted by Gasteiger charge is 2.33. The topological polar surface area (TPSA) is 57.6 Å². The Balaban J connectivity index is 2.24. The van der Waals surface area contributed by atoms with Gasteiger partial charge in [-0.05, 0) is 17.5 Å². The summed E-state index contributed by atoms with van der Waals surface area (Å²) in [6, 6.07) is 7.51. The summed E-state index contributed by atoms with van der Waals surface area (Å²) in [5.74, 6) is -1.46. The van der Waals surface area contributed by atoms with E-state index in [-0.39, 0.29) is 18.4 Å². The van der Waals surface area contributed by atoms with Crippen LogP contribution in [0.3, 0.4) is 0 Å². The monoisotopic (exact) mass is 275 g/mol. The SMILES string of the molecule is CCCC(C)C(=O)N1Cc2ccccc2C(C(=O)O)C1. The van der Waals surface area contributed by atoms with E-state index in [4.69, 9.17) is 0 Å². The summed E-state index contributed by atoms with van der Waals surface area (Å²) >= 11 is 0. The lowest BCUT2D eigenvalue weighted by molar-refractivity contribution is -0.142. The lowest BCUT2D eigenvalue weighted by Crippen LogP contribution is -2.42. The molecule has 0 saturated heterocycles. The van der Waals surface area contributed by atoms with Crippen LogP contribution in [0.4, 0.5) is 0 Å². The third kappa shape index (κ3) is 2.84. The molecule has 4 heteroatoms. The summed E-state index contributed by atoms with van der Waals surface area (Å²) in [5.41, 5.74) is 1.79. The maximum Gasteiger partial charge on any atom is 0.312 e. The Morgan fingerprint density at radius 1 is 1.40 bits per heavy atom. The van der Waals surface area contributed by atoms with Crippen LogP contribution in [0.25, 0.3) is 0 Å². The molecule has 1 aliphatic heterocycles. The van der Waals surface area contributed by atoms with Gasteiger partial charge in [-0.3, -0.25) is 9.59 Å². The molecule has 1 N–H and O–H groups in total. The van der Waals surface area contributed by atoms with Crippen molar-refractivity contribution >= 4 is 11.9 Å². The minimum Gasteiger partial charge on any atom is -0.481 e. The van der Waals surface area contributed by atoms with Crippen molar-refractivity contribution < 1.29 is 14.7 Å². The molecule has 4 nitrogen and oxygen atoms in total. The van der Waals surface area contributed by atoms with Gasteiger partial charge in [0.05, 0.1) is 5.92 Å². The van der Waals surface area contributed by atoms with Crippen LogP contribution in [0.2, 0.25) is 0 Å². The number of carbonyl (C=O) groups excluding carboxylic acids is 1. The van der Waals surface area contributed by atoms with Crippen molar-refractivity contribution in [3.05, 3.63) is 35.4 Å². The lowest BCUT2D eigenvalue weighted by atomic mass is 9.89. The zero-order valence-electron chi connectivity index (χ0n) is 12.0. The lowest BCUT2D eigenvalue weighted by Gasteiger charge is -2.34. The molecule has 0 aliphatic carbocycles. The fraction of sp³-hybridized carbons (Fsp3) is 0.500. The van der Waals surface area contributed by atoms with Gasteiger partial charge in [-0.2, -0.15) is 0 Å². The van der Waals surface area contributed by atoms with E-state index in [0.29, 0.717) is 6.54 Å². The van der Waals surface area contributed by atoms with E-state index in [1.54, 1.807) is 4.90 Å². The van der Waals surface area contributed by atoms with Gasteiger partial charge in [-0.25, -0.2) is 0 Å². The van der Waals surface area contributed by atoms with Crippen LogP contribution < -0.4 is 0 Å². The summed E-state index contributed by atoms with van der Waals surface area (Å²) in [6.45, 7) is 4.77. The summed E-state index contributed by atoms with van der Waals surface area (Å²) in [6.07, 6.45) is 1.80. The molecular weight excluding hydrogens is 254 g/mol. The Hall–Kier alpha value is -1.84. The molecule has 108 valence electrons. The van der Waals surface area contributed by atoms with Crippen LogP contribution >= 0.6 is 0 Å². The quantitative estimate of drug-likeness (QED) is 0.919. The predicted molar refractivity (Wildman–Crippen MR) is 76.3 cm³/mol. The fourth-order valence-corrected chi connectivity index (χ4v) is 2.85. The van der Waals surface area contributed by atoms with Crippen LogP contribution in [0.1, 0.15) is 43.7 Å². The zero-order valence-corrected chi connectivity index (χ0v) is 12.0. The summed E-state index contributed by atoms with van der Waals surface area (Å²) in [4.78, 5) is 25.5. The Labute approximate surface area is 119 Å². The summed E-state index contributed by atoms with van der Waals surface area (Å²) in [7, 11) is 0. The van der Waals surface area contributed by atoms with Crippen molar-refractivity contribution in [2.75, 3.05) is 6.54 Å². The van der Waals surface area contributed by atoms with Gasteiger partial charge >= 0.3 is 5.97 Å². The van der Waals surface area contributed by atoms with Gasteiger partial charge in [0.1, 0.15) is 0 Å².